The summed E-state index contributed by atoms with van der Waals surface area (Å²) >= 11 is 0. The average molecular weight is 254 g/mol. The molecular formula is C17H22N2. The maximum Gasteiger partial charge on any atom is 0.0419 e. The van der Waals surface area contributed by atoms with Crippen molar-refractivity contribution in [1.82, 2.24) is 4.98 Å². The molecule has 2 rings (SSSR count). The largest absolute Gasteiger partial charge is 0.327 e. The van der Waals surface area contributed by atoms with Crippen LogP contribution in [-0.4, -0.2) is 11.0 Å². The lowest BCUT2D eigenvalue weighted by Crippen LogP contribution is -2.24. The van der Waals surface area contributed by atoms with Crippen LogP contribution < -0.4 is 5.73 Å². The van der Waals surface area contributed by atoms with Gasteiger partial charge < -0.3 is 5.73 Å². The zero-order chi connectivity index (χ0) is 13.5. The summed E-state index contributed by atoms with van der Waals surface area (Å²) in [5.41, 5.74) is 9.91. The molecule has 0 saturated carbocycles. The Morgan fingerprint density at radius 1 is 1.05 bits per heavy atom. The van der Waals surface area contributed by atoms with Crippen LogP contribution in [0, 0.1) is 0 Å². The van der Waals surface area contributed by atoms with Crippen LogP contribution in [0.4, 0.5) is 0 Å². The molecule has 0 aliphatic carbocycles. The Morgan fingerprint density at radius 2 is 1.84 bits per heavy atom. The third kappa shape index (κ3) is 4.49. The topological polar surface area (TPSA) is 38.9 Å². The molecule has 0 aliphatic rings. The number of hydrogen-bond acceptors (Lipinski definition) is 2. The first-order chi connectivity index (χ1) is 9.28. The van der Waals surface area contributed by atoms with Gasteiger partial charge in [-0.15, -0.1) is 0 Å². The van der Waals surface area contributed by atoms with E-state index in [9.17, 15) is 0 Å². The van der Waals surface area contributed by atoms with Crippen LogP contribution >= 0.6 is 0 Å². The van der Waals surface area contributed by atoms with Crippen molar-refractivity contribution in [1.29, 1.82) is 0 Å². The van der Waals surface area contributed by atoms with Crippen LogP contribution in [0.25, 0.3) is 0 Å². The maximum atomic E-state index is 6.18. The van der Waals surface area contributed by atoms with Gasteiger partial charge in [0.05, 0.1) is 0 Å². The fourth-order valence-electron chi connectivity index (χ4n) is 2.15. The highest BCUT2D eigenvalue weighted by Gasteiger charge is 2.05. The van der Waals surface area contributed by atoms with Gasteiger partial charge in [0.2, 0.25) is 0 Å². The molecule has 2 heteroatoms. The van der Waals surface area contributed by atoms with Gasteiger partial charge >= 0.3 is 0 Å². The normalized spacial score (nSPS) is 12.3. The molecule has 1 heterocycles. The predicted molar refractivity (Wildman–Crippen MR) is 80.1 cm³/mol. The Hall–Kier alpha value is -1.67. The number of aromatic nitrogens is 1. The molecule has 2 nitrogen and oxygen atoms in total. The van der Waals surface area contributed by atoms with Crippen LogP contribution in [0.1, 0.15) is 30.2 Å². The quantitative estimate of drug-likeness (QED) is 0.860. The molecule has 0 amide bonds. The van der Waals surface area contributed by atoms with Gasteiger partial charge in [-0.25, -0.2) is 0 Å². The van der Waals surface area contributed by atoms with Crippen LogP contribution in [0.2, 0.25) is 0 Å². The van der Waals surface area contributed by atoms with Crippen molar-refractivity contribution in [2.75, 3.05) is 0 Å². The molecule has 1 atom stereocenters. The second-order valence-corrected chi connectivity index (χ2v) is 5.00. The molecule has 0 radical (unpaired) electrons. The van der Waals surface area contributed by atoms with E-state index in [2.05, 4.69) is 48.3 Å². The molecular weight excluding hydrogens is 232 g/mol. The van der Waals surface area contributed by atoms with Crippen molar-refractivity contribution in [3.8, 4) is 0 Å². The summed E-state index contributed by atoms with van der Waals surface area (Å²) in [6.07, 6.45) is 5.89. The zero-order valence-electron chi connectivity index (χ0n) is 11.5. The van der Waals surface area contributed by atoms with E-state index < -0.39 is 0 Å². The zero-order valence-corrected chi connectivity index (χ0v) is 11.5. The first kappa shape index (κ1) is 13.8. The van der Waals surface area contributed by atoms with Crippen LogP contribution in [0.15, 0.2) is 48.7 Å². The average Bonchev–Trinajstić information content (AvgIpc) is 2.47. The predicted octanol–water partition coefficient (Wildman–Crippen LogP) is 3.15. The standard InChI is InChI=1S/C17H22N2/c1-2-14-9-11-17(19-13-14)12-16(18)10-8-15-6-4-3-5-7-15/h3-7,9,11,13,16H,2,8,10,12,18H2,1H3. The number of nitrogens with two attached hydrogens (primary N) is 1. The highest BCUT2D eigenvalue weighted by atomic mass is 14.7. The molecule has 2 aromatic rings. The van der Waals surface area contributed by atoms with Gasteiger partial charge in [-0.3, -0.25) is 4.98 Å². The second kappa shape index (κ2) is 7.05. The lowest BCUT2D eigenvalue weighted by molar-refractivity contribution is 0.602. The minimum atomic E-state index is 0.181. The first-order valence-electron chi connectivity index (χ1n) is 7.01. The fraction of sp³-hybridized carbons (Fsp3) is 0.353. The van der Waals surface area contributed by atoms with E-state index in [1.807, 2.05) is 12.3 Å². The number of pyridine rings is 1. The Labute approximate surface area is 115 Å². The van der Waals surface area contributed by atoms with Gasteiger partial charge in [0.15, 0.2) is 0 Å². The smallest absolute Gasteiger partial charge is 0.0419 e. The van der Waals surface area contributed by atoms with E-state index >= 15 is 0 Å². The maximum absolute atomic E-state index is 6.18. The highest BCUT2D eigenvalue weighted by molar-refractivity contribution is 5.16. The minimum absolute atomic E-state index is 0.181. The monoisotopic (exact) mass is 254 g/mol. The molecule has 0 bridgehead atoms. The van der Waals surface area contributed by atoms with Crippen molar-refractivity contribution in [3.05, 3.63) is 65.5 Å². The van der Waals surface area contributed by atoms with Gasteiger partial charge in [0, 0.05) is 24.4 Å². The first-order valence-corrected chi connectivity index (χ1v) is 7.01. The molecule has 0 spiro atoms. The molecule has 2 N–H and O–H groups in total. The summed E-state index contributed by atoms with van der Waals surface area (Å²) in [4.78, 5) is 4.46. The summed E-state index contributed by atoms with van der Waals surface area (Å²) in [6.45, 7) is 2.14. The number of rotatable bonds is 6. The number of benzene rings is 1. The van der Waals surface area contributed by atoms with E-state index in [1.54, 1.807) is 0 Å². The summed E-state index contributed by atoms with van der Waals surface area (Å²) < 4.78 is 0. The van der Waals surface area contributed by atoms with Gasteiger partial charge in [-0.2, -0.15) is 0 Å². The van der Waals surface area contributed by atoms with E-state index in [1.165, 1.54) is 11.1 Å². The Balaban J connectivity index is 1.82. The second-order valence-electron chi connectivity index (χ2n) is 5.00. The molecule has 1 aromatic carbocycles. The van der Waals surface area contributed by atoms with Crippen molar-refractivity contribution in [3.63, 3.8) is 0 Å². The summed E-state index contributed by atoms with van der Waals surface area (Å²) in [5, 5.41) is 0. The molecule has 100 valence electrons. The third-order valence-corrected chi connectivity index (χ3v) is 3.41. The lowest BCUT2D eigenvalue weighted by Gasteiger charge is -2.11. The Bertz CT molecular complexity index is 476. The van der Waals surface area contributed by atoms with E-state index in [4.69, 9.17) is 5.73 Å². The van der Waals surface area contributed by atoms with Gasteiger partial charge in [-0.05, 0) is 36.5 Å². The van der Waals surface area contributed by atoms with Crippen molar-refractivity contribution in [2.24, 2.45) is 5.73 Å². The minimum Gasteiger partial charge on any atom is -0.327 e. The van der Waals surface area contributed by atoms with Crippen LogP contribution in [0.5, 0.6) is 0 Å². The van der Waals surface area contributed by atoms with Crippen molar-refractivity contribution >= 4 is 0 Å². The summed E-state index contributed by atoms with van der Waals surface area (Å²) in [5.74, 6) is 0. The third-order valence-electron chi connectivity index (χ3n) is 3.41. The molecule has 1 unspecified atom stereocenters. The van der Waals surface area contributed by atoms with Crippen molar-refractivity contribution < 1.29 is 0 Å². The SMILES string of the molecule is CCc1ccc(CC(N)CCc2ccccc2)nc1. The number of hydrogen-bond donors (Lipinski definition) is 1. The van der Waals surface area contributed by atoms with Crippen LogP contribution in [-0.2, 0) is 19.3 Å². The van der Waals surface area contributed by atoms with E-state index in [0.717, 1.165) is 31.4 Å². The number of aryl methyl sites for hydroxylation is 2. The van der Waals surface area contributed by atoms with Gasteiger partial charge in [0.1, 0.15) is 0 Å². The van der Waals surface area contributed by atoms with Crippen molar-refractivity contribution in [2.45, 2.75) is 38.6 Å². The molecule has 0 fully saturated rings. The van der Waals surface area contributed by atoms with E-state index in [-0.39, 0.29) is 6.04 Å². The lowest BCUT2D eigenvalue weighted by atomic mass is 10.0. The Kier molecular flexibility index (Phi) is 5.10. The summed E-state index contributed by atoms with van der Waals surface area (Å²) in [7, 11) is 0. The number of nitrogens with zero attached hydrogens (tertiary/aromatic N) is 1. The van der Waals surface area contributed by atoms with Gasteiger partial charge in [0.25, 0.3) is 0 Å². The molecule has 0 saturated heterocycles. The highest BCUT2D eigenvalue weighted by Crippen LogP contribution is 2.08. The fourth-order valence-corrected chi connectivity index (χ4v) is 2.15. The van der Waals surface area contributed by atoms with E-state index in [0.29, 0.717) is 0 Å². The van der Waals surface area contributed by atoms with Gasteiger partial charge in [-0.1, -0.05) is 43.3 Å². The molecule has 0 aliphatic heterocycles. The summed E-state index contributed by atoms with van der Waals surface area (Å²) in [6, 6.07) is 14.9. The van der Waals surface area contributed by atoms with Crippen LogP contribution in [0.3, 0.4) is 0 Å². The molecule has 19 heavy (non-hydrogen) atoms. The Morgan fingerprint density at radius 3 is 2.47 bits per heavy atom. The molecule has 1 aromatic heterocycles.